The highest BCUT2D eigenvalue weighted by atomic mass is 79.9. The fraction of sp³-hybridized carbons (Fsp3) is 0.471. The van der Waals surface area contributed by atoms with Crippen molar-refractivity contribution in [2.75, 3.05) is 0 Å². The molecule has 1 amide bonds. The molecular weight excluding hydrogens is 381 g/mol. The molecule has 5 nitrogen and oxygen atoms in total. The summed E-state index contributed by atoms with van der Waals surface area (Å²) < 4.78 is 19.6. The third-order valence-corrected chi connectivity index (χ3v) is 4.25. The largest absolute Gasteiger partial charge is 0.460 e. The van der Waals surface area contributed by atoms with Gasteiger partial charge in [0.1, 0.15) is 17.7 Å². The Bertz CT molecular complexity index is 684. The van der Waals surface area contributed by atoms with E-state index < -0.39 is 29.3 Å². The van der Waals surface area contributed by atoms with Crippen molar-refractivity contribution < 1.29 is 23.5 Å². The normalized spacial score (nSPS) is 15.2. The molecule has 0 N–H and O–H groups in total. The van der Waals surface area contributed by atoms with Gasteiger partial charge in [-0.25, -0.2) is 4.39 Å². The molecule has 0 spiro atoms. The molecule has 0 saturated carbocycles. The van der Waals surface area contributed by atoms with Crippen molar-refractivity contribution in [3.63, 3.8) is 0 Å². The molecule has 1 atom stereocenters. The van der Waals surface area contributed by atoms with Gasteiger partial charge in [-0.15, -0.1) is 0 Å². The molecule has 24 heavy (non-hydrogen) atoms. The topological polar surface area (TPSA) is 63.7 Å². The second-order valence-corrected chi connectivity index (χ2v) is 7.50. The molecule has 1 aliphatic heterocycles. The van der Waals surface area contributed by atoms with Gasteiger partial charge in [-0.3, -0.25) is 9.59 Å². The molecule has 0 bridgehead atoms. The number of amides is 1. The summed E-state index contributed by atoms with van der Waals surface area (Å²) in [5.74, 6) is -1.34. The molecule has 0 unspecified atom stereocenters. The number of hydrogen-bond donors (Lipinski definition) is 0. The van der Waals surface area contributed by atoms with E-state index in [1.165, 1.54) is 17.0 Å². The number of aldehydes is 1. The van der Waals surface area contributed by atoms with Gasteiger partial charge in [-0.1, -0.05) is 0 Å². The molecule has 0 radical (unpaired) electrons. The Kier molecular flexibility index (Phi) is 5.42. The van der Waals surface area contributed by atoms with Crippen LogP contribution in [0.2, 0.25) is 0 Å². The molecule has 2 rings (SSSR count). The Hall–Kier alpha value is -1.76. The van der Waals surface area contributed by atoms with Crippen molar-refractivity contribution in [1.82, 2.24) is 4.90 Å². The SMILES string of the molecule is CC(C)(C)OC(=O)CC[C@@H](C=O)N1Cc2c(ccc(Br)c2F)C1=O. The minimum absolute atomic E-state index is 0.00692. The molecule has 0 saturated heterocycles. The molecule has 7 heteroatoms. The standard InChI is InChI=1S/C17H19BrFNO4/c1-17(2,3)24-14(22)7-4-10(9-21)20-8-12-11(16(20)23)5-6-13(18)15(12)19/h5-6,9-10H,4,7-8H2,1-3H3/t10-/m0/s1. The number of hydrogen-bond acceptors (Lipinski definition) is 4. The Labute approximate surface area is 148 Å². The number of halogens is 2. The van der Waals surface area contributed by atoms with E-state index in [1.807, 2.05) is 0 Å². The van der Waals surface area contributed by atoms with Crippen LogP contribution in [-0.2, 0) is 20.9 Å². The summed E-state index contributed by atoms with van der Waals surface area (Å²) in [5.41, 5.74) is -0.0959. The van der Waals surface area contributed by atoms with E-state index in [2.05, 4.69) is 15.9 Å². The van der Waals surface area contributed by atoms with Crippen LogP contribution in [0.1, 0.15) is 49.5 Å². The lowest BCUT2D eigenvalue weighted by Gasteiger charge is -2.24. The van der Waals surface area contributed by atoms with Crippen LogP contribution in [0.3, 0.4) is 0 Å². The summed E-state index contributed by atoms with van der Waals surface area (Å²) in [6, 6.07) is 2.20. The van der Waals surface area contributed by atoms with Crippen molar-refractivity contribution in [3.05, 3.63) is 33.5 Å². The lowest BCUT2D eigenvalue weighted by molar-refractivity contribution is -0.155. The maximum absolute atomic E-state index is 14.1. The highest BCUT2D eigenvalue weighted by Gasteiger charge is 2.35. The highest BCUT2D eigenvalue weighted by Crippen LogP contribution is 2.31. The van der Waals surface area contributed by atoms with E-state index in [4.69, 9.17) is 4.74 Å². The van der Waals surface area contributed by atoms with Gasteiger partial charge in [0, 0.05) is 17.5 Å². The van der Waals surface area contributed by atoms with Crippen molar-refractivity contribution in [2.45, 2.75) is 51.8 Å². The van der Waals surface area contributed by atoms with Crippen LogP contribution in [0.25, 0.3) is 0 Å². The second kappa shape index (κ2) is 7.01. The van der Waals surface area contributed by atoms with E-state index in [0.29, 0.717) is 6.29 Å². The van der Waals surface area contributed by atoms with E-state index in [0.717, 1.165) is 0 Å². The minimum Gasteiger partial charge on any atom is -0.460 e. The van der Waals surface area contributed by atoms with Crippen LogP contribution in [-0.4, -0.2) is 34.7 Å². The van der Waals surface area contributed by atoms with E-state index in [-0.39, 0.29) is 35.0 Å². The maximum atomic E-state index is 14.1. The quantitative estimate of drug-likeness (QED) is 0.563. The van der Waals surface area contributed by atoms with Crippen molar-refractivity contribution >= 4 is 34.1 Å². The third kappa shape index (κ3) is 4.01. The van der Waals surface area contributed by atoms with Gasteiger partial charge in [0.05, 0.1) is 17.1 Å². The smallest absolute Gasteiger partial charge is 0.306 e. The first-order valence-corrected chi connectivity index (χ1v) is 8.38. The first kappa shape index (κ1) is 18.6. The van der Waals surface area contributed by atoms with Gasteiger partial charge in [0.15, 0.2) is 0 Å². The number of benzene rings is 1. The maximum Gasteiger partial charge on any atom is 0.306 e. The van der Waals surface area contributed by atoms with Crippen molar-refractivity contribution in [1.29, 1.82) is 0 Å². The number of fused-ring (bicyclic) bond motifs is 1. The van der Waals surface area contributed by atoms with Crippen LogP contribution >= 0.6 is 15.9 Å². The fourth-order valence-electron chi connectivity index (χ4n) is 2.57. The van der Waals surface area contributed by atoms with E-state index in [1.54, 1.807) is 20.8 Å². The average Bonchev–Trinajstić information content (AvgIpc) is 2.80. The number of esters is 1. The molecule has 0 fully saturated rings. The lowest BCUT2D eigenvalue weighted by Crippen LogP contribution is -2.37. The van der Waals surface area contributed by atoms with Gasteiger partial charge in [-0.2, -0.15) is 0 Å². The number of ether oxygens (including phenoxy) is 1. The first-order valence-electron chi connectivity index (χ1n) is 7.59. The van der Waals surface area contributed by atoms with Gasteiger partial charge in [0.25, 0.3) is 5.91 Å². The Morgan fingerprint density at radius 2 is 2.12 bits per heavy atom. The third-order valence-electron chi connectivity index (χ3n) is 3.64. The summed E-state index contributed by atoms with van der Waals surface area (Å²) in [6.45, 7) is 5.27. The molecule has 1 heterocycles. The van der Waals surface area contributed by atoms with Crippen LogP contribution in [0.4, 0.5) is 4.39 Å². The number of rotatable bonds is 5. The average molecular weight is 400 g/mol. The Morgan fingerprint density at radius 3 is 2.71 bits per heavy atom. The predicted octanol–water partition coefficient (Wildman–Crippen LogP) is 3.23. The summed E-state index contributed by atoms with van der Waals surface area (Å²) in [4.78, 5) is 36.9. The zero-order valence-electron chi connectivity index (χ0n) is 13.8. The molecule has 0 aromatic heterocycles. The molecular formula is C17H19BrFNO4. The zero-order valence-corrected chi connectivity index (χ0v) is 15.4. The molecule has 1 aliphatic rings. The number of carbonyl (C=O) groups excluding carboxylic acids is 3. The second-order valence-electron chi connectivity index (χ2n) is 6.65. The zero-order chi connectivity index (χ0) is 18.1. The number of carbonyl (C=O) groups is 3. The van der Waals surface area contributed by atoms with Gasteiger partial charge < -0.3 is 14.4 Å². The van der Waals surface area contributed by atoms with Gasteiger partial charge in [-0.05, 0) is 55.3 Å². The van der Waals surface area contributed by atoms with Crippen LogP contribution in [0.15, 0.2) is 16.6 Å². The fourth-order valence-corrected chi connectivity index (χ4v) is 2.94. The molecule has 1 aromatic carbocycles. The summed E-state index contributed by atoms with van der Waals surface area (Å²) in [5, 5.41) is 0. The molecule has 1 aromatic rings. The lowest BCUT2D eigenvalue weighted by atomic mass is 10.1. The Balaban J connectivity index is 2.07. The molecule has 130 valence electrons. The summed E-state index contributed by atoms with van der Waals surface area (Å²) in [6.07, 6.45) is 0.759. The Morgan fingerprint density at radius 1 is 1.46 bits per heavy atom. The predicted molar refractivity (Wildman–Crippen MR) is 88.9 cm³/mol. The van der Waals surface area contributed by atoms with Crippen molar-refractivity contribution in [3.8, 4) is 0 Å². The first-order chi connectivity index (χ1) is 11.1. The van der Waals surface area contributed by atoms with E-state index >= 15 is 0 Å². The van der Waals surface area contributed by atoms with Crippen LogP contribution in [0, 0.1) is 5.82 Å². The van der Waals surface area contributed by atoms with Gasteiger partial charge >= 0.3 is 5.97 Å². The van der Waals surface area contributed by atoms with Gasteiger partial charge in [0.2, 0.25) is 0 Å². The highest BCUT2D eigenvalue weighted by molar-refractivity contribution is 9.10. The minimum atomic E-state index is -0.796. The van der Waals surface area contributed by atoms with Crippen LogP contribution < -0.4 is 0 Å². The van der Waals surface area contributed by atoms with Crippen molar-refractivity contribution in [2.24, 2.45) is 0 Å². The van der Waals surface area contributed by atoms with Crippen LogP contribution in [0.5, 0.6) is 0 Å². The molecule has 0 aliphatic carbocycles. The monoisotopic (exact) mass is 399 g/mol. The summed E-state index contributed by atoms with van der Waals surface area (Å²) in [7, 11) is 0. The number of nitrogens with zero attached hydrogens (tertiary/aromatic N) is 1. The summed E-state index contributed by atoms with van der Waals surface area (Å²) >= 11 is 3.08. The van der Waals surface area contributed by atoms with E-state index in [9.17, 15) is 18.8 Å².